The Balaban J connectivity index is 2.33. The van der Waals surface area contributed by atoms with E-state index in [1.165, 1.54) is 17.7 Å². The van der Waals surface area contributed by atoms with E-state index in [0.29, 0.717) is 6.04 Å². The Morgan fingerprint density at radius 2 is 2.31 bits per heavy atom. The van der Waals surface area contributed by atoms with Crippen LogP contribution in [0.4, 0.5) is 5.69 Å². The molecule has 3 nitrogen and oxygen atoms in total. The van der Waals surface area contributed by atoms with E-state index in [4.69, 9.17) is 10.8 Å². The second-order valence-corrected chi connectivity index (χ2v) is 4.68. The van der Waals surface area contributed by atoms with Crippen molar-refractivity contribution in [2.75, 3.05) is 18.6 Å². The number of hydrogen-bond acceptors (Lipinski definition) is 3. The van der Waals surface area contributed by atoms with E-state index in [-0.39, 0.29) is 12.6 Å². The zero-order valence-corrected chi connectivity index (χ0v) is 9.98. The van der Waals surface area contributed by atoms with Crippen molar-refractivity contribution >= 4 is 5.69 Å². The number of benzene rings is 1. The van der Waals surface area contributed by atoms with Gasteiger partial charge in [0.25, 0.3) is 0 Å². The number of hydrogen-bond donors (Lipinski definition) is 2. The molecule has 1 aromatic carbocycles. The molecule has 3 heteroatoms. The van der Waals surface area contributed by atoms with Crippen LogP contribution >= 0.6 is 0 Å². The van der Waals surface area contributed by atoms with E-state index in [9.17, 15) is 0 Å². The molecule has 0 saturated heterocycles. The predicted octanol–water partition coefficient (Wildman–Crippen LogP) is 1.45. The molecule has 1 aliphatic heterocycles. The van der Waals surface area contributed by atoms with Gasteiger partial charge in [-0.1, -0.05) is 12.1 Å². The van der Waals surface area contributed by atoms with Gasteiger partial charge in [0.1, 0.15) is 0 Å². The molecule has 0 fully saturated rings. The van der Waals surface area contributed by atoms with Crippen LogP contribution in [0.2, 0.25) is 0 Å². The van der Waals surface area contributed by atoms with Crippen molar-refractivity contribution < 1.29 is 5.11 Å². The standard InChI is InChI=1S/C13H20N2O/c1-9-3-4-11-7-10(12(14)8-16)5-6-13(11)15(9)2/h5-7,9,12,16H,3-4,8,14H2,1-2H3/t9?,12-/m1/s1. The molecule has 1 aliphatic rings. The van der Waals surface area contributed by atoms with Crippen LogP contribution in [0.15, 0.2) is 18.2 Å². The lowest BCUT2D eigenvalue weighted by Gasteiger charge is -2.34. The van der Waals surface area contributed by atoms with Gasteiger partial charge in [0, 0.05) is 18.8 Å². The van der Waals surface area contributed by atoms with Gasteiger partial charge in [-0.2, -0.15) is 0 Å². The number of rotatable bonds is 2. The van der Waals surface area contributed by atoms with Crippen LogP contribution < -0.4 is 10.6 Å². The maximum atomic E-state index is 9.05. The van der Waals surface area contributed by atoms with Crippen LogP contribution in [0.5, 0.6) is 0 Å². The number of fused-ring (bicyclic) bond motifs is 1. The summed E-state index contributed by atoms with van der Waals surface area (Å²) in [5, 5.41) is 9.05. The number of aliphatic hydroxyl groups excluding tert-OH is 1. The zero-order chi connectivity index (χ0) is 11.7. The SMILES string of the molecule is CC1CCc2cc([C@H](N)CO)ccc2N1C. The summed E-state index contributed by atoms with van der Waals surface area (Å²) < 4.78 is 0. The molecule has 0 radical (unpaired) electrons. The van der Waals surface area contributed by atoms with Crippen molar-refractivity contribution in [3.63, 3.8) is 0 Å². The van der Waals surface area contributed by atoms with Gasteiger partial charge >= 0.3 is 0 Å². The van der Waals surface area contributed by atoms with Gasteiger partial charge in [-0.05, 0) is 37.0 Å². The third kappa shape index (κ3) is 1.93. The molecule has 2 atom stereocenters. The average Bonchev–Trinajstić information content (AvgIpc) is 2.32. The maximum Gasteiger partial charge on any atom is 0.0624 e. The Hall–Kier alpha value is -1.06. The first-order chi connectivity index (χ1) is 7.63. The van der Waals surface area contributed by atoms with Gasteiger partial charge in [-0.25, -0.2) is 0 Å². The molecule has 1 unspecified atom stereocenters. The fraction of sp³-hybridized carbons (Fsp3) is 0.538. The number of aliphatic hydroxyl groups is 1. The monoisotopic (exact) mass is 220 g/mol. The Bertz CT molecular complexity index is 378. The molecule has 0 bridgehead atoms. The van der Waals surface area contributed by atoms with Crippen molar-refractivity contribution in [3.05, 3.63) is 29.3 Å². The molecular weight excluding hydrogens is 200 g/mol. The Kier molecular flexibility index (Phi) is 3.17. The first kappa shape index (κ1) is 11.4. The fourth-order valence-electron chi connectivity index (χ4n) is 2.28. The van der Waals surface area contributed by atoms with Crippen LogP contribution in [0.25, 0.3) is 0 Å². The van der Waals surface area contributed by atoms with E-state index in [2.05, 4.69) is 31.0 Å². The minimum Gasteiger partial charge on any atom is -0.394 e. The highest BCUT2D eigenvalue weighted by molar-refractivity contribution is 5.57. The van der Waals surface area contributed by atoms with Gasteiger partial charge in [0.2, 0.25) is 0 Å². The number of nitrogens with two attached hydrogens (primary N) is 1. The normalized spacial score (nSPS) is 21.8. The summed E-state index contributed by atoms with van der Waals surface area (Å²) in [4.78, 5) is 2.31. The van der Waals surface area contributed by atoms with Crippen molar-refractivity contribution in [3.8, 4) is 0 Å². The summed E-state index contributed by atoms with van der Waals surface area (Å²) in [5.74, 6) is 0. The van der Waals surface area contributed by atoms with Gasteiger partial charge in [-0.3, -0.25) is 0 Å². The molecule has 1 heterocycles. The molecule has 1 aromatic rings. The molecule has 16 heavy (non-hydrogen) atoms. The summed E-state index contributed by atoms with van der Waals surface area (Å²) in [6.45, 7) is 2.25. The van der Waals surface area contributed by atoms with Crippen LogP contribution in [-0.4, -0.2) is 24.8 Å². The average molecular weight is 220 g/mol. The van der Waals surface area contributed by atoms with E-state index in [1.54, 1.807) is 0 Å². The van der Waals surface area contributed by atoms with Crippen LogP contribution in [0, 0.1) is 0 Å². The van der Waals surface area contributed by atoms with Gasteiger partial charge in [0.15, 0.2) is 0 Å². The molecule has 3 N–H and O–H groups in total. The lowest BCUT2D eigenvalue weighted by atomic mass is 9.94. The highest BCUT2D eigenvalue weighted by Crippen LogP contribution is 2.31. The molecule has 0 aliphatic carbocycles. The molecule has 0 saturated carbocycles. The molecule has 0 aromatic heterocycles. The first-order valence-corrected chi connectivity index (χ1v) is 5.85. The quantitative estimate of drug-likeness (QED) is 0.793. The third-order valence-electron chi connectivity index (χ3n) is 3.60. The first-order valence-electron chi connectivity index (χ1n) is 5.85. The van der Waals surface area contributed by atoms with E-state index >= 15 is 0 Å². The summed E-state index contributed by atoms with van der Waals surface area (Å²) in [6, 6.07) is 6.63. The van der Waals surface area contributed by atoms with Crippen LogP contribution in [0.1, 0.15) is 30.5 Å². The van der Waals surface area contributed by atoms with Gasteiger partial charge in [-0.15, -0.1) is 0 Å². The molecule has 88 valence electrons. The molecule has 2 rings (SSSR count). The summed E-state index contributed by atoms with van der Waals surface area (Å²) >= 11 is 0. The molecule has 0 spiro atoms. The van der Waals surface area contributed by atoms with E-state index in [1.807, 2.05) is 6.07 Å². The van der Waals surface area contributed by atoms with Crippen molar-refractivity contribution in [2.24, 2.45) is 5.73 Å². The van der Waals surface area contributed by atoms with Gasteiger partial charge in [0.05, 0.1) is 12.6 Å². The zero-order valence-electron chi connectivity index (χ0n) is 9.98. The third-order valence-corrected chi connectivity index (χ3v) is 3.60. The number of anilines is 1. The lowest BCUT2D eigenvalue weighted by molar-refractivity contribution is 0.268. The second-order valence-electron chi connectivity index (χ2n) is 4.68. The van der Waals surface area contributed by atoms with Crippen LogP contribution in [0.3, 0.4) is 0 Å². The highest BCUT2D eigenvalue weighted by atomic mass is 16.3. The minimum absolute atomic E-state index is 0.00499. The smallest absolute Gasteiger partial charge is 0.0624 e. The van der Waals surface area contributed by atoms with Crippen molar-refractivity contribution in [1.82, 2.24) is 0 Å². The van der Waals surface area contributed by atoms with Crippen molar-refractivity contribution in [2.45, 2.75) is 31.8 Å². The Morgan fingerprint density at radius 3 is 3.00 bits per heavy atom. The summed E-state index contributed by atoms with van der Waals surface area (Å²) in [5.41, 5.74) is 9.51. The molecular formula is C13H20N2O. The predicted molar refractivity (Wildman–Crippen MR) is 66.6 cm³/mol. The Labute approximate surface area is 96.9 Å². The lowest BCUT2D eigenvalue weighted by Crippen LogP contribution is -2.33. The Morgan fingerprint density at radius 1 is 1.56 bits per heavy atom. The van der Waals surface area contributed by atoms with E-state index < -0.39 is 0 Å². The summed E-state index contributed by atoms with van der Waals surface area (Å²) in [6.07, 6.45) is 2.29. The fourth-order valence-corrected chi connectivity index (χ4v) is 2.28. The highest BCUT2D eigenvalue weighted by Gasteiger charge is 2.20. The minimum atomic E-state index is -0.255. The molecule has 0 amide bonds. The largest absolute Gasteiger partial charge is 0.394 e. The number of aryl methyl sites for hydroxylation is 1. The maximum absolute atomic E-state index is 9.05. The van der Waals surface area contributed by atoms with Crippen molar-refractivity contribution in [1.29, 1.82) is 0 Å². The summed E-state index contributed by atoms with van der Waals surface area (Å²) in [7, 11) is 2.13. The van der Waals surface area contributed by atoms with E-state index in [0.717, 1.165) is 12.0 Å². The topological polar surface area (TPSA) is 49.5 Å². The van der Waals surface area contributed by atoms with Gasteiger partial charge < -0.3 is 15.7 Å². The number of nitrogens with zero attached hydrogens (tertiary/aromatic N) is 1. The second kappa shape index (κ2) is 4.44. The van der Waals surface area contributed by atoms with Crippen LogP contribution in [-0.2, 0) is 6.42 Å².